The van der Waals surface area contributed by atoms with Crippen molar-refractivity contribution in [3.05, 3.63) is 65.5 Å². The zero-order chi connectivity index (χ0) is 17.6. The lowest BCUT2D eigenvalue weighted by molar-refractivity contribution is -0.117. The van der Waals surface area contributed by atoms with Crippen LogP contribution < -0.4 is 4.90 Å². The van der Waals surface area contributed by atoms with E-state index in [0.29, 0.717) is 19.6 Å². The Hall–Kier alpha value is -2.69. The highest BCUT2D eigenvalue weighted by molar-refractivity contribution is 5.96. The molecular formula is C20H19FN2O2. The molecule has 0 radical (unpaired) electrons. The summed E-state index contributed by atoms with van der Waals surface area (Å²) in [5.74, 6) is -0.768. The fraction of sp³-hybridized carbons (Fsp3) is 0.300. The summed E-state index contributed by atoms with van der Waals surface area (Å²) in [4.78, 5) is 28.1. The second-order valence-corrected chi connectivity index (χ2v) is 7.05. The lowest BCUT2D eigenvalue weighted by Gasteiger charge is -2.54. The lowest BCUT2D eigenvalue weighted by Crippen LogP contribution is -2.65. The van der Waals surface area contributed by atoms with Gasteiger partial charge in [-0.05, 0) is 30.2 Å². The van der Waals surface area contributed by atoms with Crippen molar-refractivity contribution in [1.82, 2.24) is 4.90 Å². The normalized spacial score (nSPS) is 17.8. The van der Waals surface area contributed by atoms with E-state index < -0.39 is 5.82 Å². The van der Waals surface area contributed by atoms with Gasteiger partial charge in [-0.15, -0.1) is 0 Å². The molecule has 5 heteroatoms. The second kappa shape index (κ2) is 5.69. The topological polar surface area (TPSA) is 40.6 Å². The second-order valence-electron chi connectivity index (χ2n) is 7.05. The van der Waals surface area contributed by atoms with Gasteiger partial charge in [0.1, 0.15) is 5.82 Å². The monoisotopic (exact) mass is 338 g/mol. The number of rotatable bonds is 1. The zero-order valence-electron chi connectivity index (χ0n) is 14.0. The minimum atomic E-state index is -0.493. The third-order valence-electron chi connectivity index (χ3n) is 5.17. The van der Waals surface area contributed by atoms with Crippen molar-refractivity contribution in [3.63, 3.8) is 0 Å². The predicted molar refractivity (Wildman–Crippen MR) is 92.9 cm³/mol. The Balaban J connectivity index is 1.56. The first-order valence-electron chi connectivity index (χ1n) is 8.39. The van der Waals surface area contributed by atoms with Crippen molar-refractivity contribution >= 4 is 17.5 Å². The van der Waals surface area contributed by atoms with Gasteiger partial charge in [0, 0.05) is 37.7 Å². The van der Waals surface area contributed by atoms with E-state index >= 15 is 0 Å². The molecule has 1 saturated heterocycles. The molecule has 2 aromatic carbocycles. The van der Waals surface area contributed by atoms with Gasteiger partial charge < -0.3 is 9.80 Å². The van der Waals surface area contributed by atoms with Crippen LogP contribution in [0.4, 0.5) is 10.1 Å². The number of nitrogens with zero attached hydrogens (tertiary/aromatic N) is 2. The summed E-state index contributed by atoms with van der Waals surface area (Å²) in [7, 11) is 0. The van der Waals surface area contributed by atoms with E-state index in [4.69, 9.17) is 0 Å². The van der Waals surface area contributed by atoms with Crippen LogP contribution in [-0.4, -0.2) is 36.3 Å². The van der Waals surface area contributed by atoms with Gasteiger partial charge in [0.05, 0.1) is 5.56 Å². The molecule has 0 atom stereocenters. The quantitative estimate of drug-likeness (QED) is 0.802. The third kappa shape index (κ3) is 2.60. The molecule has 2 aromatic rings. The zero-order valence-corrected chi connectivity index (χ0v) is 14.0. The molecule has 0 aliphatic carbocycles. The van der Waals surface area contributed by atoms with Gasteiger partial charge in [0.25, 0.3) is 5.91 Å². The average molecular weight is 338 g/mol. The van der Waals surface area contributed by atoms with Crippen LogP contribution in [0.25, 0.3) is 0 Å². The Labute approximate surface area is 145 Å². The maximum Gasteiger partial charge on any atom is 0.256 e. The fourth-order valence-corrected chi connectivity index (χ4v) is 4.01. The number of benzene rings is 2. The number of anilines is 1. The van der Waals surface area contributed by atoms with Gasteiger partial charge >= 0.3 is 0 Å². The van der Waals surface area contributed by atoms with Crippen LogP contribution in [0.2, 0.25) is 0 Å². The standard InChI is InChI=1S/C20H19FN2O2/c1-14(24)23-13-20(10-15-6-2-5-9-18(15)23)11-22(12-20)19(25)16-7-3-4-8-17(16)21/h2-9H,10-13H2,1H3. The molecule has 2 aliphatic heterocycles. The molecule has 0 unspecified atom stereocenters. The number of hydrogen-bond donors (Lipinski definition) is 0. The molecule has 4 rings (SSSR count). The summed E-state index contributed by atoms with van der Waals surface area (Å²) in [6.45, 7) is 3.24. The summed E-state index contributed by atoms with van der Waals surface area (Å²) in [5.41, 5.74) is 2.06. The van der Waals surface area contributed by atoms with Crippen LogP contribution in [0, 0.1) is 11.2 Å². The average Bonchev–Trinajstić information content (AvgIpc) is 2.58. The molecule has 0 saturated carbocycles. The highest BCUT2D eigenvalue weighted by Gasteiger charge is 2.49. The number of carbonyl (C=O) groups is 2. The van der Waals surface area contributed by atoms with Crippen LogP contribution in [0.5, 0.6) is 0 Å². The number of para-hydroxylation sites is 1. The molecule has 0 bridgehead atoms. The largest absolute Gasteiger partial charge is 0.337 e. The number of carbonyl (C=O) groups excluding carboxylic acids is 2. The van der Waals surface area contributed by atoms with E-state index in [1.807, 2.05) is 24.3 Å². The number of halogens is 1. The highest BCUT2D eigenvalue weighted by atomic mass is 19.1. The molecule has 4 nitrogen and oxygen atoms in total. The first kappa shape index (κ1) is 15.8. The third-order valence-corrected chi connectivity index (χ3v) is 5.17. The maximum absolute atomic E-state index is 13.9. The van der Waals surface area contributed by atoms with E-state index in [9.17, 15) is 14.0 Å². The van der Waals surface area contributed by atoms with Crippen molar-refractivity contribution in [1.29, 1.82) is 0 Å². The van der Waals surface area contributed by atoms with Crippen LogP contribution in [-0.2, 0) is 11.2 Å². The van der Waals surface area contributed by atoms with Crippen molar-refractivity contribution < 1.29 is 14.0 Å². The van der Waals surface area contributed by atoms with E-state index in [-0.39, 0.29) is 22.8 Å². The molecule has 1 fully saturated rings. The van der Waals surface area contributed by atoms with Gasteiger partial charge in [-0.25, -0.2) is 4.39 Å². The van der Waals surface area contributed by atoms with Gasteiger partial charge in [0.2, 0.25) is 5.91 Å². The molecule has 0 N–H and O–H groups in total. The number of fused-ring (bicyclic) bond motifs is 1. The van der Waals surface area contributed by atoms with Gasteiger partial charge in [-0.2, -0.15) is 0 Å². The summed E-state index contributed by atoms with van der Waals surface area (Å²) in [6, 6.07) is 14.0. The first-order valence-corrected chi connectivity index (χ1v) is 8.39. The van der Waals surface area contributed by atoms with Crippen LogP contribution in [0.3, 0.4) is 0 Å². The molecule has 2 heterocycles. The number of hydrogen-bond acceptors (Lipinski definition) is 2. The van der Waals surface area contributed by atoms with E-state index in [0.717, 1.165) is 17.7 Å². The summed E-state index contributed by atoms with van der Waals surface area (Å²) >= 11 is 0. The fourth-order valence-electron chi connectivity index (χ4n) is 4.01. The molecule has 2 aliphatic rings. The minimum Gasteiger partial charge on any atom is -0.337 e. The molecule has 25 heavy (non-hydrogen) atoms. The molecule has 1 spiro atoms. The van der Waals surface area contributed by atoms with Gasteiger partial charge in [-0.1, -0.05) is 30.3 Å². The van der Waals surface area contributed by atoms with E-state index in [1.165, 1.54) is 12.1 Å². The summed E-state index contributed by atoms with van der Waals surface area (Å²) in [5, 5.41) is 0. The maximum atomic E-state index is 13.9. The Morgan fingerprint density at radius 2 is 1.68 bits per heavy atom. The van der Waals surface area contributed by atoms with Crippen molar-refractivity contribution in [2.24, 2.45) is 5.41 Å². The van der Waals surface area contributed by atoms with Crippen molar-refractivity contribution in [2.75, 3.05) is 24.5 Å². The molecule has 0 aromatic heterocycles. The Morgan fingerprint density at radius 3 is 2.40 bits per heavy atom. The van der Waals surface area contributed by atoms with Gasteiger partial charge in [0.15, 0.2) is 0 Å². The smallest absolute Gasteiger partial charge is 0.256 e. The Kier molecular flexibility index (Phi) is 3.60. The highest BCUT2D eigenvalue weighted by Crippen LogP contribution is 2.43. The lowest BCUT2D eigenvalue weighted by atomic mass is 9.71. The molecular weight excluding hydrogens is 319 g/mol. The first-order chi connectivity index (χ1) is 12.0. The summed E-state index contributed by atoms with van der Waals surface area (Å²) < 4.78 is 13.9. The van der Waals surface area contributed by atoms with E-state index in [1.54, 1.807) is 28.9 Å². The van der Waals surface area contributed by atoms with Crippen molar-refractivity contribution in [3.8, 4) is 0 Å². The number of likely N-dealkylation sites (tertiary alicyclic amines) is 1. The Bertz CT molecular complexity index is 858. The molecule has 128 valence electrons. The van der Waals surface area contributed by atoms with Crippen molar-refractivity contribution in [2.45, 2.75) is 13.3 Å². The SMILES string of the molecule is CC(=O)N1CC2(Cc3ccccc31)CN(C(=O)c1ccccc1F)C2. The van der Waals surface area contributed by atoms with Gasteiger partial charge in [-0.3, -0.25) is 9.59 Å². The Morgan fingerprint density at radius 1 is 1.00 bits per heavy atom. The van der Waals surface area contributed by atoms with E-state index in [2.05, 4.69) is 0 Å². The van der Waals surface area contributed by atoms with Crippen LogP contribution in [0.1, 0.15) is 22.8 Å². The van der Waals surface area contributed by atoms with Crippen LogP contribution >= 0.6 is 0 Å². The predicted octanol–water partition coefficient (Wildman–Crippen LogP) is 2.88. The van der Waals surface area contributed by atoms with Crippen LogP contribution in [0.15, 0.2) is 48.5 Å². The molecule has 2 amide bonds. The summed E-state index contributed by atoms with van der Waals surface area (Å²) in [6.07, 6.45) is 0.827. The number of amides is 2. The minimum absolute atomic E-state index is 0.00500.